The van der Waals surface area contributed by atoms with Crippen LogP contribution in [-0.2, 0) is 14.8 Å². The molecule has 17 heavy (non-hydrogen) atoms. The number of furan rings is 1. The van der Waals surface area contributed by atoms with Crippen LogP contribution in [0.4, 0.5) is 0 Å². The zero-order valence-corrected chi connectivity index (χ0v) is 10.2. The van der Waals surface area contributed by atoms with E-state index < -0.39 is 15.9 Å². The number of rotatable bonds is 2. The largest absolute Gasteiger partial charge is 0.462 e. The second kappa shape index (κ2) is 4.37. The van der Waals surface area contributed by atoms with Crippen LogP contribution in [0, 0.1) is 6.92 Å². The maximum absolute atomic E-state index is 11.7. The highest BCUT2D eigenvalue weighted by Crippen LogP contribution is 2.15. The molecule has 0 unspecified atom stereocenters. The van der Waals surface area contributed by atoms with Crippen LogP contribution in [0.3, 0.4) is 0 Å². The summed E-state index contributed by atoms with van der Waals surface area (Å²) in [4.78, 5) is 11.7. The van der Waals surface area contributed by atoms with Crippen molar-refractivity contribution in [2.24, 2.45) is 0 Å². The Morgan fingerprint density at radius 1 is 1.47 bits per heavy atom. The number of carbonyl (C=O) groups excluding carboxylic acids is 1. The third kappa shape index (κ3) is 2.58. The van der Waals surface area contributed by atoms with Crippen LogP contribution >= 0.6 is 0 Å². The molecule has 1 amide bonds. The maximum atomic E-state index is 11.7. The monoisotopic (exact) mass is 255 g/mol. The first-order valence-corrected chi connectivity index (χ1v) is 6.89. The molecule has 1 aromatic rings. The van der Waals surface area contributed by atoms with Gasteiger partial charge in [-0.2, -0.15) is 0 Å². The zero-order valence-electron chi connectivity index (χ0n) is 9.42. The van der Waals surface area contributed by atoms with E-state index >= 15 is 0 Å². The van der Waals surface area contributed by atoms with Crippen molar-refractivity contribution in [2.45, 2.75) is 13.3 Å². The first kappa shape index (κ1) is 11.9. The van der Waals surface area contributed by atoms with E-state index in [1.54, 1.807) is 19.1 Å². The fourth-order valence-electron chi connectivity index (χ4n) is 1.67. The normalized spacial score (nSPS) is 19.0. The summed E-state index contributed by atoms with van der Waals surface area (Å²) in [6, 6.07) is 3.49. The Morgan fingerprint density at radius 3 is 2.76 bits per heavy atom. The van der Waals surface area contributed by atoms with E-state index in [0.717, 1.165) is 10.1 Å². The quantitative estimate of drug-likeness (QED) is 0.744. The predicted octanol–water partition coefficient (Wildman–Crippen LogP) is 1.16. The van der Waals surface area contributed by atoms with Crippen molar-refractivity contribution in [2.75, 3.05) is 12.3 Å². The molecule has 1 saturated heterocycles. The number of carbonyl (C=O) groups is 1. The Labute approximate surface area is 99.8 Å². The number of sulfonamides is 1. The summed E-state index contributed by atoms with van der Waals surface area (Å²) in [5, 5.41) is 0. The summed E-state index contributed by atoms with van der Waals surface area (Å²) < 4.78 is 29.1. The molecular formula is C11H13NO4S. The van der Waals surface area contributed by atoms with Gasteiger partial charge < -0.3 is 4.42 Å². The van der Waals surface area contributed by atoms with Gasteiger partial charge >= 0.3 is 0 Å². The number of nitrogens with zero attached hydrogens (tertiary/aromatic N) is 1. The van der Waals surface area contributed by atoms with Crippen molar-refractivity contribution in [1.82, 2.24) is 4.31 Å². The molecule has 2 rings (SSSR count). The average molecular weight is 255 g/mol. The van der Waals surface area contributed by atoms with E-state index in [2.05, 4.69) is 0 Å². The molecule has 0 aromatic carbocycles. The fraction of sp³-hybridized carbons (Fsp3) is 0.364. The minimum absolute atomic E-state index is 0.0481. The molecule has 0 radical (unpaired) electrons. The lowest BCUT2D eigenvalue weighted by molar-refractivity contribution is -0.121. The lowest BCUT2D eigenvalue weighted by atomic mass is 10.3. The van der Waals surface area contributed by atoms with Crippen molar-refractivity contribution >= 4 is 22.0 Å². The molecular weight excluding hydrogens is 242 g/mol. The van der Waals surface area contributed by atoms with Crippen LogP contribution in [0.1, 0.15) is 17.9 Å². The molecule has 2 heterocycles. The number of hydrogen-bond acceptors (Lipinski definition) is 4. The summed E-state index contributed by atoms with van der Waals surface area (Å²) in [5.74, 6) is 0.807. The van der Waals surface area contributed by atoms with Crippen molar-refractivity contribution in [3.63, 3.8) is 0 Å². The third-order valence-electron chi connectivity index (χ3n) is 2.50. The summed E-state index contributed by atoms with van der Waals surface area (Å²) >= 11 is 0. The Bertz CT molecular complexity index is 556. The molecule has 92 valence electrons. The summed E-state index contributed by atoms with van der Waals surface area (Å²) in [7, 11) is -3.38. The topological polar surface area (TPSA) is 67.6 Å². The molecule has 1 aromatic heterocycles. The molecule has 0 bridgehead atoms. The zero-order chi connectivity index (χ0) is 12.5. The highest BCUT2D eigenvalue weighted by Gasteiger charge is 2.31. The van der Waals surface area contributed by atoms with Gasteiger partial charge in [-0.25, -0.2) is 12.7 Å². The highest BCUT2D eigenvalue weighted by molar-refractivity contribution is 7.89. The molecule has 1 aliphatic heterocycles. The number of hydrogen-bond donors (Lipinski definition) is 0. The van der Waals surface area contributed by atoms with Gasteiger partial charge in [0.15, 0.2) is 0 Å². The molecule has 5 nitrogen and oxygen atoms in total. The summed E-state index contributed by atoms with van der Waals surface area (Å²) in [5.41, 5.74) is 0. The summed E-state index contributed by atoms with van der Waals surface area (Å²) in [6.45, 7) is 2.06. The van der Waals surface area contributed by atoms with Crippen LogP contribution in [0.15, 0.2) is 22.6 Å². The van der Waals surface area contributed by atoms with E-state index in [9.17, 15) is 13.2 Å². The average Bonchev–Trinajstić information content (AvgIpc) is 2.81. The molecule has 0 saturated carbocycles. The predicted molar refractivity (Wildman–Crippen MR) is 62.6 cm³/mol. The van der Waals surface area contributed by atoms with Gasteiger partial charge in [-0.15, -0.1) is 0 Å². The second-order valence-corrected chi connectivity index (χ2v) is 5.87. The minimum atomic E-state index is -3.38. The standard InChI is InChI=1S/C11H13NO4S/c1-9-3-4-10(16-9)5-6-11(13)12-7-2-8-17(12,14)15/h3-6H,2,7-8H2,1H3/b6-5-. The van der Waals surface area contributed by atoms with E-state index in [4.69, 9.17) is 4.42 Å². The molecule has 0 N–H and O–H groups in total. The van der Waals surface area contributed by atoms with Crippen LogP contribution < -0.4 is 0 Å². The Kier molecular flexibility index (Phi) is 3.06. The van der Waals surface area contributed by atoms with E-state index in [0.29, 0.717) is 12.2 Å². The van der Waals surface area contributed by atoms with Crippen molar-refractivity contribution in [3.05, 3.63) is 29.7 Å². The maximum Gasteiger partial charge on any atom is 0.260 e. The molecule has 1 aliphatic rings. The Hall–Kier alpha value is -1.56. The third-order valence-corrected chi connectivity index (χ3v) is 4.34. The molecule has 1 fully saturated rings. The Balaban J connectivity index is 2.10. The van der Waals surface area contributed by atoms with Crippen LogP contribution in [0.2, 0.25) is 0 Å². The van der Waals surface area contributed by atoms with Gasteiger partial charge in [0.2, 0.25) is 10.0 Å². The van der Waals surface area contributed by atoms with Gasteiger partial charge in [0.25, 0.3) is 5.91 Å². The van der Waals surface area contributed by atoms with Gasteiger partial charge in [0.05, 0.1) is 5.75 Å². The first-order chi connectivity index (χ1) is 7.99. The van der Waals surface area contributed by atoms with Crippen molar-refractivity contribution in [1.29, 1.82) is 0 Å². The SMILES string of the molecule is Cc1ccc(/C=C\C(=O)N2CCCS2(=O)=O)o1. The van der Waals surface area contributed by atoms with Gasteiger partial charge in [0.1, 0.15) is 11.5 Å². The lowest BCUT2D eigenvalue weighted by Gasteiger charge is -2.11. The second-order valence-electron chi connectivity index (χ2n) is 3.86. The first-order valence-electron chi connectivity index (χ1n) is 5.28. The van der Waals surface area contributed by atoms with Crippen LogP contribution in [0.5, 0.6) is 0 Å². The van der Waals surface area contributed by atoms with E-state index in [1.165, 1.54) is 12.2 Å². The smallest absolute Gasteiger partial charge is 0.260 e. The number of amides is 1. The minimum Gasteiger partial charge on any atom is -0.462 e. The van der Waals surface area contributed by atoms with E-state index in [1.807, 2.05) is 0 Å². The van der Waals surface area contributed by atoms with Gasteiger partial charge in [-0.05, 0) is 31.6 Å². The van der Waals surface area contributed by atoms with Gasteiger partial charge in [0, 0.05) is 12.6 Å². The van der Waals surface area contributed by atoms with E-state index in [-0.39, 0.29) is 12.3 Å². The molecule has 0 spiro atoms. The molecule has 0 atom stereocenters. The fourth-order valence-corrected chi connectivity index (χ4v) is 3.12. The molecule has 0 aliphatic carbocycles. The number of aryl methyl sites for hydroxylation is 1. The van der Waals surface area contributed by atoms with Crippen LogP contribution in [-0.4, -0.2) is 30.9 Å². The van der Waals surface area contributed by atoms with Gasteiger partial charge in [-0.3, -0.25) is 4.79 Å². The highest BCUT2D eigenvalue weighted by atomic mass is 32.2. The van der Waals surface area contributed by atoms with Crippen molar-refractivity contribution in [3.8, 4) is 0 Å². The van der Waals surface area contributed by atoms with Crippen LogP contribution in [0.25, 0.3) is 6.08 Å². The van der Waals surface area contributed by atoms with Crippen molar-refractivity contribution < 1.29 is 17.6 Å². The Morgan fingerprint density at radius 2 is 2.24 bits per heavy atom. The summed E-state index contributed by atoms with van der Waals surface area (Å²) in [6.07, 6.45) is 3.20. The lowest BCUT2D eigenvalue weighted by Crippen LogP contribution is -2.30. The van der Waals surface area contributed by atoms with Gasteiger partial charge in [-0.1, -0.05) is 0 Å². The molecule has 6 heteroatoms.